The summed E-state index contributed by atoms with van der Waals surface area (Å²) in [4.78, 5) is 12.3. The SMILES string of the molecule is O=C(CCl)n1ccc2c3c(ccc21)Nc1ccccc1S3(=O)=O. The molecule has 0 saturated carbocycles. The van der Waals surface area contributed by atoms with Gasteiger partial charge in [0.15, 0.2) is 0 Å². The largest absolute Gasteiger partial charge is 0.353 e. The van der Waals surface area contributed by atoms with Crippen molar-refractivity contribution in [3.05, 3.63) is 48.7 Å². The lowest BCUT2D eigenvalue weighted by Crippen LogP contribution is -2.15. The van der Waals surface area contributed by atoms with Crippen LogP contribution >= 0.6 is 11.6 Å². The molecule has 0 spiro atoms. The number of fused-ring (bicyclic) bond motifs is 4. The Labute approximate surface area is 137 Å². The predicted octanol–water partition coefficient (Wildman–Crippen LogP) is 3.41. The van der Waals surface area contributed by atoms with E-state index < -0.39 is 9.84 Å². The van der Waals surface area contributed by atoms with E-state index in [9.17, 15) is 13.2 Å². The predicted molar refractivity (Wildman–Crippen MR) is 88.5 cm³/mol. The van der Waals surface area contributed by atoms with E-state index >= 15 is 0 Å². The highest BCUT2D eigenvalue weighted by atomic mass is 35.5. The molecule has 0 radical (unpaired) electrons. The van der Waals surface area contributed by atoms with Gasteiger partial charge in [-0.15, -0.1) is 11.6 Å². The third-order valence-electron chi connectivity index (χ3n) is 3.92. The van der Waals surface area contributed by atoms with Crippen molar-refractivity contribution in [3.63, 3.8) is 0 Å². The fraction of sp³-hybridized carbons (Fsp3) is 0.0625. The smallest absolute Gasteiger partial charge is 0.245 e. The van der Waals surface area contributed by atoms with Crippen LogP contribution in [0.1, 0.15) is 4.79 Å². The highest BCUT2D eigenvalue weighted by molar-refractivity contribution is 7.92. The van der Waals surface area contributed by atoms with E-state index in [1.54, 1.807) is 48.7 Å². The molecule has 0 fully saturated rings. The average molecular weight is 347 g/mol. The summed E-state index contributed by atoms with van der Waals surface area (Å²) >= 11 is 5.61. The zero-order chi connectivity index (χ0) is 16.2. The average Bonchev–Trinajstić information content (AvgIpc) is 2.97. The molecule has 3 aromatic rings. The summed E-state index contributed by atoms with van der Waals surface area (Å²) < 4.78 is 27.4. The first-order valence-corrected chi connectivity index (χ1v) is 8.90. The van der Waals surface area contributed by atoms with Crippen LogP contribution in [-0.2, 0) is 9.84 Å². The summed E-state index contributed by atoms with van der Waals surface area (Å²) in [5.74, 6) is -0.475. The molecule has 0 amide bonds. The Balaban J connectivity index is 2.06. The lowest BCUT2D eigenvalue weighted by Gasteiger charge is -2.22. The summed E-state index contributed by atoms with van der Waals surface area (Å²) in [7, 11) is -3.67. The number of sulfone groups is 1. The number of anilines is 2. The molecule has 0 atom stereocenters. The molecular formula is C16H11ClN2O3S. The van der Waals surface area contributed by atoms with Crippen molar-refractivity contribution in [2.75, 3.05) is 11.2 Å². The molecule has 0 bridgehead atoms. The van der Waals surface area contributed by atoms with Crippen LogP contribution in [0.2, 0.25) is 0 Å². The number of rotatable bonds is 1. The third kappa shape index (κ3) is 1.92. The number of para-hydroxylation sites is 1. The van der Waals surface area contributed by atoms with Gasteiger partial charge < -0.3 is 5.32 Å². The molecule has 1 aliphatic rings. The van der Waals surface area contributed by atoms with Gasteiger partial charge in [0.25, 0.3) is 0 Å². The van der Waals surface area contributed by atoms with Crippen molar-refractivity contribution < 1.29 is 13.2 Å². The van der Waals surface area contributed by atoms with Gasteiger partial charge in [-0.05, 0) is 30.3 Å². The number of hydrogen-bond acceptors (Lipinski definition) is 4. The van der Waals surface area contributed by atoms with Crippen molar-refractivity contribution in [2.24, 2.45) is 0 Å². The fourth-order valence-electron chi connectivity index (χ4n) is 2.92. The van der Waals surface area contributed by atoms with Crippen LogP contribution in [0, 0.1) is 0 Å². The zero-order valence-electron chi connectivity index (χ0n) is 11.8. The molecule has 2 aromatic carbocycles. The molecule has 0 saturated heterocycles. The van der Waals surface area contributed by atoms with E-state index in [0.29, 0.717) is 22.3 Å². The van der Waals surface area contributed by atoms with E-state index in [1.165, 1.54) is 4.57 Å². The number of nitrogens with zero attached hydrogens (tertiary/aromatic N) is 1. The Morgan fingerprint density at radius 2 is 1.87 bits per heavy atom. The molecule has 2 heterocycles. The normalized spacial score (nSPS) is 14.8. The van der Waals surface area contributed by atoms with E-state index in [2.05, 4.69) is 5.32 Å². The number of aromatic nitrogens is 1. The number of carbonyl (C=O) groups excluding carboxylic acids is 1. The number of carbonyl (C=O) groups is 1. The second-order valence-electron chi connectivity index (χ2n) is 5.21. The summed E-state index contributed by atoms with van der Waals surface area (Å²) in [6.07, 6.45) is 1.55. The molecule has 5 nitrogen and oxygen atoms in total. The summed E-state index contributed by atoms with van der Waals surface area (Å²) in [6, 6.07) is 11.8. The van der Waals surface area contributed by atoms with Gasteiger partial charge in [0.1, 0.15) is 10.8 Å². The standard InChI is InChI=1S/C16H11ClN2O3S/c17-9-15(20)19-8-7-10-13(19)6-5-12-16(10)23(21,22)14-4-2-1-3-11(14)18-12/h1-8,18H,9H2. The highest BCUT2D eigenvalue weighted by Crippen LogP contribution is 2.42. The van der Waals surface area contributed by atoms with E-state index in [1.807, 2.05) is 0 Å². The van der Waals surface area contributed by atoms with E-state index in [0.717, 1.165) is 0 Å². The van der Waals surface area contributed by atoms with Crippen molar-refractivity contribution in [1.82, 2.24) is 4.57 Å². The Morgan fingerprint density at radius 3 is 2.65 bits per heavy atom. The minimum atomic E-state index is -3.67. The van der Waals surface area contributed by atoms with Gasteiger partial charge in [0.2, 0.25) is 15.7 Å². The number of benzene rings is 2. The minimum absolute atomic E-state index is 0.172. The maximum atomic E-state index is 13.0. The van der Waals surface area contributed by atoms with Crippen LogP contribution in [0.15, 0.2) is 58.5 Å². The molecule has 116 valence electrons. The Hall–Kier alpha value is -2.31. The fourth-order valence-corrected chi connectivity index (χ4v) is 4.80. The lowest BCUT2D eigenvalue weighted by atomic mass is 10.2. The van der Waals surface area contributed by atoms with Gasteiger partial charge >= 0.3 is 0 Å². The van der Waals surface area contributed by atoms with Crippen LogP contribution in [0.5, 0.6) is 0 Å². The second kappa shape index (κ2) is 4.84. The van der Waals surface area contributed by atoms with Crippen molar-refractivity contribution >= 4 is 49.6 Å². The molecule has 1 N–H and O–H groups in total. The first-order chi connectivity index (χ1) is 11.0. The molecule has 4 rings (SSSR count). The van der Waals surface area contributed by atoms with Gasteiger partial charge in [0, 0.05) is 11.6 Å². The first-order valence-electron chi connectivity index (χ1n) is 6.88. The number of alkyl halides is 1. The van der Waals surface area contributed by atoms with Crippen LogP contribution in [0.3, 0.4) is 0 Å². The van der Waals surface area contributed by atoms with Gasteiger partial charge in [0.05, 0.1) is 21.8 Å². The second-order valence-corrected chi connectivity index (χ2v) is 7.33. The molecule has 0 unspecified atom stereocenters. The Kier molecular flexibility index (Phi) is 3.01. The molecule has 1 aromatic heterocycles. The van der Waals surface area contributed by atoms with E-state index in [4.69, 9.17) is 11.6 Å². The Bertz CT molecular complexity index is 1070. The maximum Gasteiger partial charge on any atom is 0.245 e. The summed E-state index contributed by atoms with van der Waals surface area (Å²) in [5, 5.41) is 3.64. The lowest BCUT2D eigenvalue weighted by molar-refractivity contribution is 0.0945. The first kappa shape index (κ1) is 14.3. The molecule has 0 aliphatic carbocycles. The molecule has 23 heavy (non-hydrogen) atoms. The van der Waals surface area contributed by atoms with Gasteiger partial charge in [-0.1, -0.05) is 12.1 Å². The van der Waals surface area contributed by atoms with Crippen LogP contribution in [0.4, 0.5) is 11.4 Å². The minimum Gasteiger partial charge on any atom is -0.353 e. The van der Waals surface area contributed by atoms with Crippen molar-refractivity contribution in [3.8, 4) is 0 Å². The van der Waals surface area contributed by atoms with Gasteiger partial charge in [-0.3, -0.25) is 9.36 Å². The van der Waals surface area contributed by atoms with Crippen molar-refractivity contribution in [1.29, 1.82) is 0 Å². The topological polar surface area (TPSA) is 68.2 Å². The van der Waals surface area contributed by atoms with Crippen molar-refractivity contribution in [2.45, 2.75) is 9.79 Å². The third-order valence-corrected chi connectivity index (χ3v) is 6.06. The van der Waals surface area contributed by atoms with Gasteiger partial charge in [-0.2, -0.15) is 0 Å². The van der Waals surface area contributed by atoms with Crippen LogP contribution in [0.25, 0.3) is 10.9 Å². The summed E-state index contributed by atoms with van der Waals surface area (Å²) in [6.45, 7) is 0. The van der Waals surface area contributed by atoms with Crippen LogP contribution < -0.4 is 5.32 Å². The highest BCUT2D eigenvalue weighted by Gasteiger charge is 2.31. The molecule has 7 heteroatoms. The molecular weight excluding hydrogens is 336 g/mol. The monoisotopic (exact) mass is 346 g/mol. The number of nitrogens with one attached hydrogen (secondary N) is 1. The zero-order valence-corrected chi connectivity index (χ0v) is 13.4. The quantitative estimate of drug-likeness (QED) is 0.536. The van der Waals surface area contributed by atoms with Gasteiger partial charge in [-0.25, -0.2) is 8.42 Å². The number of halogens is 1. The maximum absolute atomic E-state index is 13.0. The molecule has 1 aliphatic heterocycles. The number of hydrogen-bond donors (Lipinski definition) is 1. The van der Waals surface area contributed by atoms with E-state index in [-0.39, 0.29) is 21.6 Å². The summed E-state index contributed by atoms with van der Waals surface area (Å²) in [5.41, 5.74) is 1.59. The Morgan fingerprint density at radius 1 is 1.09 bits per heavy atom. The van der Waals surface area contributed by atoms with Crippen LogP contribution in [-0.4, -0.2) is 24.8 Å².